The molecule has 0 radical (unpaired) electrons. The Morgan fingerprint density at radius 2 is 1.72 bits per heavy atom. The van der Waals surface area contributed by atoms with Crippen LogP contribution < -0.4 is 16.6 Å². The fourth-order valence-corrected chi connectivity index (χ4v) is 3.68. The number of carbonyl (C=O) groups excluding carboxylic acids is 1. The van der Waals surface area contributed by atoms with Gasteiger partial charge in [0.1, 0.15) is 6.54 Å². The standard InChI is InChI=1S/C20H23N3O6/c24-15(25)11-21-17(26)16-18(27)22(12-13-7-3-1-4-8-13)20(29)23(19(16)28)14-9-5-2-6-10-14/h1,3-4,7-8,14,28H,2,5-6,9-12H2,(H,21,26)(H,24,25). The molecule has 0 saturated heterocycles. The van der Waals surface area contributed by atoms with Crippen molar-refractivity contribution in [2.24, 2.45) is 0 Å². The van der Waals surface area contributed by atoms with Crippen molar-refractivity contribution in [3.8, 4) is 5.88 Å². The van der Waals surface area contributed by atoms with E-state index in [9.17, 15) is 24.3 Å². The number of rotatable bonds is 6. The molecule has 1 aromatic carbocycles. The van der Waals surface area contributed by atoms with Crippen molar-refractivity contribution in [3.05, 3.63) is 62.3 Å². The molecule has 1 aliphatic carbocycles. The topological polar surface area (TPSA) is 131 Å². The normalized spacial score (nSPS) is 14.5. The third-order valence-corrected chi connectivity index (χ3v) is 5.10. The minimum Gasteiger partial charge on any atom is -0.494 e. The monoisotopic (exact) mass is 401 g/mol. The number of nitrogens with zero attached hydrogens (tertiary/aromatic N) is 2. The van der Waals surface area contributed by atoms with Crippen molar-refractivity contribution in [3.63, 3.8) is 0 Å². The number of aromatic nitrogens is 2. The van der Waals surface area contributed by atoms with Crippen molar-refractivity contribution in [1.29, 1.82) is 0 Å². The zero-order valence-corrected chi connectivity index (χ0v) is 15.8. The molecule has 0 unspecified atom stereocenters. The lowest BCUT2D eigenvalue weighted by Gasteiger charge is -2.26. The summed E-state index contributed by atoms with van der Waals surface area (Å²) in [5, 5.41) is 21.5. The van der Waals surface area contributed by atoms with Gasteiger partial charge in [-0.05, 0) is 18.4 Å². The molecule has 0 bridgehead atoms. The highest BCUT2D eigenvalue weighted by Gasteiger charge is 2.28. The van der Waals surface area contributed by atoms with Crippen LogP contribution in [0.15, 0.2) is 39.9 Å². The minimum atomic E-state index is -1.29. The van der Waals surface area contributed by atoms with E-state index >= 15 is 0 Å². The number of amides is 1. The molecule has 1 aromatic heterocycles. The van der Waals surface area contributed by atoms with E-state index in [1.54, 1.807) is 30.3 Å². The van der Waals surface area contributed by atoms with Gasteiger partial charge >= 0.3 is 11.7 Å². The van der Waals surface area contributed by atoms with E-state index in [2.05, 4.69) is 5.32 Å². The van der Waals surface area contributed by atoms with Crippen LogP contribution in [0.5, 0.6) is 5.88 Å². The van der Waals surface area contributed by atoms with Gasteiger partial charge in [-0.1, -0.05) is 49.6 Å². The van der Waals surface area contributed by atoms with Gasteiger partial charge in [0.25, 0.3) is 11.5 Å². The molecule has 0 aliphatic heterocycles. The van der Waals surface area contributed by atoms with E-state index in [0.29, 0.717) is 18.4 Å². The van der Waals surface area contributed by atoms with Gasteiger partial charge in [-0.15, -0.1) is 0 Å². The van der Waals surface area contributed by atoms with E-state index in [-0.39, 0.29) is 12.6 Å². The summed E-state index contributed by atoms with van der Waals surface area (Å²) in [6.07, 6.45) is 4.05. The van der Waals surface area contributed by atoms with Crippen molar-refractivity contribution in [2.75, 3.05) is 6.54 Å². The Balaban J connectivity index is 2.14. The summed E-state index contributed by atoms with van der Waals surface area (Å²) in [4.78, 5) is 49.3. The molecule has 1 fully saturated rings. The molecule has 1 saturated carbocycles. The Bertz CT molecular complexity index is 1020. The molecule has 3 rings (SSSR count). The van der Waals surface area contributed by atoms with Crippen LogP contribution in [-0.2, 0) is 11.3 Å². The van der Waals surface area contributed by atoms with E-state index in [0.717, 1.165) is 28.4 Å². The number of benzene rings is 1. The lowest BCUT2D eigenvalue weighted by atomic mass is 9.95. The predicted molar refractivity (Wildman–Crippen MR) is 104 cm³/mol. The van der Waals surface area contributed by atoms with Gasteiger partial charge in [0.15, 0.2) is 5.56 Å². The molecule has 1 amide bonds. The van der Waals surface area contributed by atoms with Crippen molar-refractivity contribution in [1.82, 2.24) is 14.5 Å². The average molecular weight is 401 g/mol. The second kappa shape index (κ2) is 8.76. The number of carboxylic acid groups (broad SMARTS) is 1. The molecular formula is C20H23N3O6. The molecule has 9 nitrogen and oxygen atoms in total. The first-order valence-electron chi connectivity index (χ1n) is 9.52. The van der Waals surface area contributed by atoms with Crippen LogP contribution in [0.25, 0.3) is 0 Å². The summed E-state index contributed by atoms with van der Waals surface area (Å²) in [5.41, 5.74) is -1.57. The Kier molecular flexibility index (Phi) is 6.16. The summed E-state index contributed by atoms with van der Waals surface area (Å²) in [6, 6.07) is 8.49. The van der Waals surface area contributed by atoms with Crippen LogP contribution in [0.1, 0.15) is 54.1 Å². The Morgan fingerprint density at radius 3 is 2.34 bits per heavy atom. The van der Waals surface area contributed by atoms with E-state index < -0.39 is 41.1 Å². The summed E-state index contributed by atoms with van der Waals surface area (Å²) in [5.74, 6) is -3.02. The number of nitrogens with one attached hydrogen (secondary N) is 1. The van der Waals surface area contributed by atoms with E-state index in [1.165, 1.54) is 0 Å². The largest absolute Gasteiger partial charge is 0.494 e. The predicted octanol–water partition coefficient (Wildman–Crippen LogP) is 1.08. The summed E-state index contributed by atoms with van der Waals surface area (Å²) in [7, 11) is 0. The fourth-order valence-electron chi connectivity index (χ4n) is 3.68. The summed E-state index contributed by atoms with van der Waals surface area (Å²) < 4.78 is 2.03. The van der Waals surface area contributed by atoms with Crippen LogP contribution in [0, 0.1) is 0 Å². The van der Waals surface area contributed by atoms with Gasteiger partial charge in [-0.3, -0.25) is 23.5 Å². The maximum absolute atomic E-state index is 13.1. The number of hydrogen-bond acceptors (Lipinski definition) is 5. The van der Waals surface area contributed by atoms with Crippen LogP contribution in [-0.4, -0.2) is 37.8 Å². The molecule has 1 heterocycles. The smallest absolute Gasteiger partial charge is 0.334 e. The van der Waals surface area contributed by atoms with Gasteiger partial charge < -0.3 is 15.5 Å². The molecular weight excluding hydrogens is 378 g/mol. The summed E-state index contributed by atoms with van der Waals surface area (Å²) >= 11 is 0. The third-order valence-electron chi connectivity index (χ3n) is 5.10. The Morgan fingerprint density at radius 1 is 1.07 bits per heavy atom. The van der Waals surface area contributed by atoms with Crippen molar-refractivity contribution in [2.45, 2.75) is 44.7 Å². The molecule has 0 atom stereocenters. The van der Waals surface area contributed by atoms with Gasteiger partial charge in [-0.2, -0.15) is 0 Å². The van der Waals surface area contributed by atoms with Gasteiger partial charge in [0, 0.05) is 6.04 Å². The second-order valence-electron chi connectivity index (χ2n) is 7.10. The van der Waals surface area contributed by atoms with E-state index in [4.69, 9.17) is 5.11 Å². The van der Waals surface area contributed by atoms with Crippen LogP contribution in [0.3, 0.4) is 0 Å². The third kappa shape index (κ3) is 4.39. The maximum atomic E-state index is 13.1. The molecule has 1 aliphatic rings. The van der Waals surface area contributed by atoms with Crippen molar-refractivity contribution < 1.29 is 19.8 Å². The summed E-state index contributed by atoms with van der Waals surface area (Å²) in [6.45, 7) is -0.774. The Labute approximate surface area is 166 Å². The molecule has 3 N–H and O–H groups in total. The number of aliphatic carboxylic acids is 1. The number of hydrogen-bond donors (Lipinski definition) is 3. The zero-order valence-electron chi connectivity index (χ0n) is 15.8. The van der Waals surface area contributed by atoms with Gasteiger partial charge in [0.2, 0.25) is 5.88 Å². The highest BCUT2D eigenvalue weighted by Crippen LogP contribution is 2.30. The average Bonchev–Trinajstić information content (AvgIpc) is 2.71. The van der Waals surface area contributed by atoms with Gasteiger partial charge in [0.05, 0.1) is 6.54 Å². The van der Waals surface area contributed by atoms with Gasteiger partial charge in [-0.25, -0.2) is 4.79 Å². The quantitative estimate of drug-likeness (QED) is 0.664. The first-order valence-corrected chi connectivity index (χ1v) is 9.52. The molecule has 154 valence electrons. The minimum absolute atomic E-state index is 0.0648. The lowest BCUT2D eigenvalue weighted by Crippen LogP contribution is -2.46. The Hall–Kier alpha value is -3.36. The SMILES string of the molecule is O=C(O)CNC(=O)c1c(O)n(C2CCCCC2)c(=O)n(Cc2ccccc2)c1=O. The van der Waals surface area contributed by atoms with Crippen LogP contribution >= 0.6 is 0 Å². The second-order valence-corrected chi connectivity index (χ2v) is 7.10. The zero-order chi connectivity index (χ0) is 21.0. The molecule has 0 spiro atoms. The highest BCUT2D eigenvalue weighted by atomic mass is 16.4. The maximum Gasteiger partial charge on any atom is 0.334 e. The van der Waals surface area contributed by atoms with E-state index in [1.807, 2.05) is 0 Å². The molecule has 29 heavy (non-hydrogen) atoms. The number of carboxylic acids is 1. The molecule has 9 heteroatoms. The highest BCUT2D eigenvalue weighted by molar-refractivity contribution is 5.97. The van der Waals surface area contributed by atoms with Crippen LogP contribution in [0.2, 0.25) is 0 Å². The number of carbonyl (C=O) groups is 2. The number of aromatic hydroxyl groups is 1. The van der Waals surface area contributed by atoms with Crippen LogP contribution in [0.4, 0.5) is 0 Å². The first-order chi connectivity index (χ1) is 13.9. The lowest BCUT2D eigenvalue weighted by molar-refractivity contribution is -0.135. The fraction of sp³-hybridized carbons (Fsp3) is 0.400. The molecule has 2 aromatic rings. The first kappa shape index (κ1) is 20.4. The van der Waals surface area contributed by atoms with Crippen molar-refractivity contribution >= 4 is 11.9 Å².